The van der Waals surface area contributed by atoms with Crippen LogP contribution in [-0.2, 0) is 28.8 Å². The molecule has 0 bridgehead atoms. The van der Waals surface area contributed by atoms with Gasteiger partial charge in [0.25, 0.3) is 0 Å². The van der Waals surface area contributed by atoms with Crippen LogP contribution in [0.5, 0.6) is 5.75 Å². The van der Waals surface area contributed by atoms with Crippen LogP contribution in [0.15, 0.2) is 42.5 Å². The summed E-state index contributed by atoms with van der Waals surface area (Å²) in [6, 6.07) is 12.7. The van der Waals surface area contributed by atoms with Crippen LogP contribution in [0.25, 0.3) is 0 Å². The Morgan fingerprint density at radius 1 is 1.22 bits per heavy atom. The van der Waals surface area contributed by atoms with Gasteiger partial charge < -0.3 is 9.47 Å². The summed E-state index contributed by atoms with van der Waals surface area (Å²) < 4.78 is 24.1. The molecule has 3 nitrogen and oxygen atoms in total. The van der Waals surface area contributed by atoms with E-state index in [0.29, 0.717) is 5.56 Å². The largest absolute Gasteiger partial charge is 0.494 e. The van der Waals surface area contributed by atoms with E-state index >= 15 is 0 Å². The van der Waals surface area contributed by atoms with Crippen molar-refractivity contribution in [2.24, 2.45) is 0 Å². The van der Waals surface area contributed by atoms with Crippen molar-refractivity contribution in [2.45, 2.75) is 31.8 Å². The number of ether oxygens (including phenoxy) is 2. The molecule has 0 saturated heterocycles. The Hall–Kier alpha value is -2.36. The summed E-state index contributed by atoms with van der Waals surface area (Å²) in [4.78, 5) is 12.1. The minimum absolute atomic E-state index is 0.0685. The molecule has 0 spiro atoms. The molecule has 0 radical (unpaired) electrons. The first-order valence-corrected chi connectivity index (χ1v) is 7.74. The van der Waals surface area contributed by atoms with E-state index in [1.807, 2.05) is 12.1 Å². The first kappa shape index (κ1) is 15.5. The number of methoxy groups -OCH3 is 1. The van der Waals surface area contributed by atoms with E-state index < -0.39 is 5.82 Å². The zero-order valence-corrected chi connectivity index (χ0v) is 13.0. The third-order valence-electron chi connectivity index (χ3n) is 4.16. The van der Waals surface area contributed by atoms with Crippen LogP contribution in [0.2, 0.25) is 0 Å². The molecule has 120 valence electrons. The lowest BCUT2D eigenvalue weighted by Crippen LogP contribution is -2.26. The van der Waals surface area contributed by atoms with Crippen molar-refractivity contribution >= 4 is 5.97 Å². The highest BCUT2D eigenvalue weighted by molar-refractivity contribution is 5.72. The summed E-state index contributed by atoms with van der Waals surface area (Å²) in [7, 11) is 1.41. The van der Waals surface area contributed by atoms with Gasteiger partial charge >= 0.3 is 5.97 Å². The van der Waals surface area contributed by atoms with Crippen LogP contribution < -0.4 is 4.74 Å². The average Bonchev–Trinajstić information content (AvgIpc) is 2.55. The molecule has 1 unspecified atom stereocenters. The van der Waals surface area contributed by atoms with Crippen molar-refractivity contribution in [3.63, 3.8) is 0 Å². The number of hydrogen-bond acceptors (Lipinski definition) is 3. The molecule has 1 atom stereocenters. The van der Waals surface area contributed by atoms with Gasteiger partial charge in [-0.15, -0.1) is 0 Å². The lowest BCUT2D eigenvalue weighted by Gasteiger charge is -2.24. The summed E-state index contributed by atoms with van der Waals surface area (Å²) in [5.74, 6) is -0.616. The third-order valence-corrected chi connectivity index (χ3v) is 4.16. The second kappa shape index (κ2) is 6.82. The molecule has 0 saturated carbocycles. The second-order valence-corrected chi connectivity index (χ2v) is 5.77. The predicted molar refractivity (Wildman–Crippen MR) is 85.0 cm³/mol. The van der Waals surface area contributed by atoms with E-state index in [1.54, 1.807) is 6.07 Å². The van der Waals surface area contributed by atoms with Crippen molar-refractivity contribution in [1.82, 2.24) is 0 Å². The molecule has 4 heteroatoms. The van der Waals surface area contributed by atoms with Crippen LogP contribution in [0.1, 0.15) is 23.1 Å². The number of hydrogen-bond donors (Lipinski definition) is 0. The van der Waals surface area contributed by atoms with Gasteiger partial charge in [-0.2, -0.15) is 0 Å². The molecule has 0 aliphatic heterocycles. The number of carbonyl (C=O) groups excluding carboxylic acids is 1. The molecular weight excluding hydrogens is 295 g/mol. The number of fused-ring (bicyclic) bond motifs is 1. The average molecular weight is 314 g/mol. The van der Waals surface area contributed by atoms with Gasteiger partial charge in [-0.1, -0.05) is 30.3 Å². The van der Waals surface area contributed by atoms with Crippen LogP contribution in [-0.4, -0.2) is 19.2 Å². The maximum Gasteiger partial charge on any atom is 0.310 e. The molecule has 2 aromatic carbocycles. The molecule has 0 amide bonds. The molecule has 23 heavy (non-hydrogen) atoms. The third kappa shape index (κ3) is 3.70. The lowest BCUT2D eigenvalue weighted by atomic mass is 9.90. The Morgan fingerprint density at radius 3 is 2.74 bits per heavy atom. The highest BCUT2D eigenvalue weighted by Crippen LogP contribution is 2.24. The van der Waals surface area contributed by atoms with E-state index in [9.17, 15) is 9.18 Å². The normalized spacial score (nSPS) is 16.5. The summed E-state index contributed by atoms with van der Waals surface area (Å²) >= 11 is 0. The fraction of sp³-hybridized carbons (Fsp3) is 0.316. The molecule has 0 heterocycles. The summed E-state index contributed by atoms with van der Waals surface area (Å²) in [6.07, 6.45) is 2.48. The quantitative estimate of drug-likeness (QED) is 0.811. The molecule has 0 aromatic heterocycles. The predicted octanol–water partition coefficient (Wildman–Crippen LogP) is 3.48. The summed E-state index contributed by atoms with van der Waals surface area (Å²) in [5, 5.41) is 0. The van der Waals surface area contributed by atoms with Gasteiger partial charge in [0.15, 0.2) is 11.6 Å². The maximum absolute atomic E-state index is 13.6. The van der Waals surface area contributed by atoms with Gasteiger partial charge in [0.2, 0.25) is 0 Å². The number of rotatable bonds is 4. The van der Waals surface area contributed by atoms with Crippen LogP contribution in [0.3, 0.4) is 0 Å². The van der Waals surface area contributed by atoms with Gasteiger partial charge in [0.05, 0.1) is 13.5 Å². The number of halogens is 1. The minimum Gasteiger partial charge on any atom is -0.494 e. The Bertz CT molecular complexity index is 712. The Balaban J connectivity index is 1.59. The van der Waals surface area contributed by atoms with E-state index in [2.05, 4.69) is 12.1 Å². The fourth-order valence-corrected chi connectivity index (χ4v) is 2.98. The first-order valence-electron chi connectivity index (χ1n) is 7.74. The Morgan fingerprint density at radius 2 is 2.00 bits per heavy atom. The first-order chi connectivity index (χ1) is 11.2. The molecule has 0 N–H and O–H groups in total. The highest BCUT2D eigenvalue weighted by Gasteiger charge is 2.21. The van der Waals surface area contributed by atoms with E-state index in [0.717, 1.165) is 19.3 Å². The SMILES string of the molecule is COc1ccc(CC(=O)OC2CCc3ccccc3C2)cc1F. The van der Waals surface area contributed by atoms with Crippen molar-refractivity contribution in [2.75, 3.05) is 7.11 Å². The molecule has 1 aliphatic carbocycles. The van der Waals surface area contributed by atoms with Crippen LogP contribution >= 0.6 is 0 Å². The van der Waals surface area contributed by atoms with Gasteiger partial charge in [0.1, 0.15) is 6.10 Å². The number of aryl methyl sites for hydroxylation is 1. The zero-order chi connectivity index (χ0) is 16.2. The fourth-order valence-electron chi connectivity index (χ4n) is 2.98. The van der Waals surface area contributed by atoms with E-state index in [1.165, 1.54) is 30.4 Å². The number of benzene rings is 2. The Kier molecular flexibility index (Phi) is 4.60. The number of carbonyl (C=O) groups is 1. The smallest absolute Gasteiger partial charge is 0.310 e. The topological polar surface area (TPSA) is 35.5 Å². The van der Waals surface area contributed by atoms with Gasteiger partial charge in [-0.3, -0.25) is 4.79 Å². The summed E-state index contributed by atoms with van der Waals surface area (Å²) in [6.45, 7) is 0. The van der Waals surface area contributed by atoms with Crippen molar-refractivity contribution in [3.05, 3.63) is 65.0 Å². The Labute approximate surface area is 135 Å². The molecule has 3 rings (SSSR count). The lowest BCUT2D eigenvalue weighted by molar-refractivity contribution is -0.148. The van der Waals surface area contributed by atoms with Gasteiger partial charge in [-0.05, 0) is 41.7 Å². The van der Waals surface area contributed by atoms with E-state index in [4.69, 9.17) is 9.47 Å². The van der Waals surface area contributed by atoms with Crippen molar-refractivity contribution in [1.29, 1.82) is 0 Å². The van der Waals surface area contributed by atoms with Gasteiger partial charge in [-0.25, -0.2) is 4.39 Å². The minimum atomic E-state index is -0.468. The van der Waals surface area contributed by atoms with Gasteiger partial charge in [0, 0.05) is 6.42 Å². The monoisotopic (exact) mass is 314 g/mol. The zero-order valence-electron chi connectivity index (χ0n) is 13.0. The molecule has 2 aromatic rings. The van der Waals surface area contributed by atoms with Crippen molar-refractivity contribution < 1.29 is 18.7 Å². The standard InChI is InChI=1S/C19H19FO3/c1-22-18-9-6-13(10-17(18)20)11-19(21)23-16-8-7-14-4-2-3-5-15(14)12-16/h2-6,9-10,16H,7-8,11-12H2,1H3. The molecular formula is C19H19FO3. The van der Waals surface area contributed by atoms with Crippen LogP contribution in [0, 0.1) is 5.82 Å². The molecule has 1 aliphatic rings. The van der Waals surface area contributed by atoms with E-state index in [-0.39, 0.29) is 24.2 Å². The highest BCUT2D eigenvalue weighted by atomic mass is 19.1. The number of esters is 1. The second-order valence-electron chi connectivity index (χ2n) is 5.77. The summed E-state index contributed by atoms with van der Waals surface area (Å²) in [5.41, 5.74) is 3.16. The van der Waals surface area contributed by atoms with Crippen LogP contribution in [0.4, 0.5) is 4.39 Å². The maximum atomic E-state index is 13.6. The van der Waals surface area contributed by atoms with Crippen molar-refractivity contribution in [3.8, 4) is 5.75 Å². The molecule has 0 fully saturated rings.